The highest BCUT2D eigenvalue weighted by atomic mass is 32.2. The van der Waals surface area contributed by atoms with Crippen molar-refractivity contribution >= 4 is 38.7 Å². The number of amides is 1. The molecule has 1 aromatic carbocycles. The maximum absolute atomic E-state index is 14.0. The van der Waals surface area contributed by atoms with Gasteiger partial charge in [-0.15, -0.1) is 0 Å². The van der Waals surface area contributed by atoms with E-state index in [1.165, 1.54) is 11.8 Å². The number of nitrogens with one attached hydrogen (secondary N) is 1. The second-order valence-corrected chi connectivity index (χ2v) is 8.06. The molecule has 0 bridgehead atoms. The van der Waals surface area contributed by atoms with E-state index in [0.717, 1.165) is 24.5 Å². The summed E-state index contributed by atoms with van der Waals surface area (Å²) in [5.74, 6) is -1.34. The first-order valence-corrected chi connectivity index (χ1v) is 10.2. The fraction of sp³-hybridized carbons (Fsp3) is 0.125. The molecule has 0 aliphatic heterocycles. The second kappa shape index (κ2) is 6.49. The van der Waals surface area contributed by atoms with Crippen molar-refractivity contribution in [3.05, 3.63) is 54.1 Å². The number of fused-ring (bicyclic) bond motifs is 1. The molecule has 0 fully saturated rings. The first kappa shape index (κ1) is 17.4. The van der Waals surface area contributed by atoms with Crippen LogP contribution in [0.1, 0.15) is 10.5 Å². The monoisotopic (exact) mass is 379 g/mol. The van der Waals surface area contributed by atoms with Crippen molar-refractivity contribution < 1.29 is 17.6 Å². The van der Waals surface area contributed by atoms with Gasteiger partial charge in [-0.1, -0.05) is 17.8 Å². The molecule has 9 heteroatoms. The lowest BCUT2D eigenvalue weighted by Gasteiger charge is -2.07. The Balaban J connectivity index is 2.01. The molecule has 2 aromatic heterocycles. The van der Waals surface area contributed by atoms with Gasteiger partial charge in [-0.2, -0.15) is 0 Å². The Labute approximate surface area is 148 Å². The number of sulfone groups is 1. The number of hydrogen-bond acceptors (Lipinski definition) is 5. The van der Waals surface area contributed by atoms with Gasteiger partial charge in [0.05, 0.1) is 16.1 Å². The van der Waals surface area contributed by atoms with Crippen LogP contribution in [-0.2, 0) is 9.84 Å². The van der Waals surface area contributed by atoms with E-state index in [9.17, 15) is 17.6 Å². The average Bonchev–Trinajstić information content (AvgIpc) is 2.95. The molecule has 0 spiro atoms. The summed E-state index contributed by atoms with van der Waals surface area (Å²) >= 11 is 1.37. The van der Waals surface area contributed by atoms with Crippen LogP contribution < -0.4 is 5.32 Å². The molecule has 0 atom stereocenters. The van der Waals surface area contributed by atoms with E-state index in [2.05, 4.69) is 10.3 Å². The number of rotatable bonds is 4. The number of anilines is 1. The Hall–Kier alpha value is -2.39. The van der Waals surface area contributed by atoms with E-state index in [1.807, 2.05) is 12.3 Å². The van der Waals surface area contributed by atoms with Gasteiger partial charge < -0.3 is 5.32 Å². The first-order valence-electron chi connectivity index (χ1n) is 7.13. The molecule has 6 nitrogen and oxygen atoms in total. The molecule has 3 rings (SSSR count). The highest BCUT2D eigenvalue weighted by molar-refractivity contribution is 7.98. The van der Waals surface area contributed by atoms with Gasteiger partial charge in [0, 0.05) is 12.5 Å². The zero-order chi connectivity index (χ0) is 18.2. The molecule has 25 heavy (non-hydrogen) atoms. The van der Waals surface area contributed by atoms with Crippen molar-refractivity contribution in [1.82, 2.24) is 9.38 Å². The molecule has 130 valence electrons. The summed E-state index contributed by atoms with van der Waals surface area (Å²) in [7, 11) is -3.52. The number of hydrogen-bond donors (Lipinski definition) is 1. The predicted octanol–water partition coefficient (Wildman–Crippen LogP) is 2.85. The number of thioether (sulfide) groups is 1. The zero-order valence-electron chi connectivity index (χ0n) is 13.4. The lowest BCUT2D eigenvalue weighted by molar-refractivity contribution is 0.102. The van der Waals surface area contributed by atoms with Crippen LogP contribution in [0.15, 0.2) is 52.6 Å². The van der Waals surface area contributed by atoms with Crippen LogP contribution in [0.4, 0.5) is 10.1 Å². The molecule has 2 heterocycles. The van der Waals surface area contributed by atoms with Gasteiger partial charge >= 0.3 is 0 Å². The standard InChI is InChI=1S/C16H14FN3O3S2/c1-24-16-19-14(13-5-3-4-8-20(13)16)15(21)18-12-9-10(25(2,22)23)6-7-11(12)17/h3-9H,1-2H3,(H,18,21). The minimum Gasteiger partial charge on any atom is -0.318 e. The lowest BCUT2D eigenvalue weighted by atomic mass is 10.2. The Morgan fingerprint density at radius 2 is 2.04 bits per heavy atom. The van der Waals surface area contributed by atoms with Crippen molar-refractivity contribution in [3.63, 3.8) is 0 Å². The normalized spacial score (nSPS) is 11.6. The Morgan fingerprint density at radius 1 is 1.28 bits per heavy atom. The topological polar surface area (TPSA) is 80.5 Å². The highest BCUT2D eigenvalue weighted by Crippen LogP contribution is 2.23. The Kier molecular flexibility index (Phi) is 4.53. The number of carbonyl (C=O) groups is 1. The summed E-state index contributed by atoms with van der Waals surface area (Å²) in [6.07, 6.45) is 4.62. The molecule has 3 aromatic rings. The summed E-state index contributed by atoms with van der Waals surface area (Å²) in [5, 5.41) is 3.02. The van der Waals surface area contributed by atoms with Gasteiger partial charge in [0.15, 0.2) is 20.7 Å². The Bertz CT molecular complexity index is 1080. The number of halogens is 1. The molecule has 0 radical (unpaired) electrons. The highest BCUT2D eigenvalue weighted by Gasteiger charge is 2.19. The van der Waals surface area contributed by atoms with Crippen LogP contribution >= 0.6 is 11.8 Å². The van der Waals surface area contributed by atoms with E-state index in [4.69, 9.17) is 0 Å². The maximum Gasteiger partial charge on any atom is 0.276 e. The fourth-order valence-corrected chi connectivity index (χ4v) is 3.52. The third kappa shape index (κ3) is 3.38. The molecule has 0 unspecified atom stereocenters. The van der Waals surface area contributed by atoms with Crippen LogP contribution in [0.3, 0.4) is 0 Å². The number of nitrogens with zero attached hydrogens (tertiary/aromatic N) is 2. The number of pyridine rings is 1. The van der Waals surface area contributed by atoms with E-state index >= 15 is 0 Å². The molecule has 0 aliphatic rings. The van der Waals surface area contributed by atoms with Gasteiger partial charge in [-0.3, -0.25) is 9.20 Å². The number of benzene rings is 1. The van der Waals surface area contributed by atoms with Gasteiger partial charge in [0.1, 0.15) is 5.82 Å². The van der Waals surface area contributed by atoms with Gasteiger partial charge in [-0.25, -0.2) is 17.8 Å². The van der Waals surface area contributed by atoms with Crippen LogP contribution in [0.2, 0.25) is 0 Å². The largest absolute Gasteiger partial charge is 0.318 e. The quantitative estimate of drug-likeness (QED) is 0.557. The summed E-state index contributed by atoms with van der Waals surface area (Å²) in [5.41, 5.74) is 0.494. The predicted molar refractivity (Wildman–Crippen MR) is 94.4 cm³/mol. The third-order valence-corrected chi connectivity index (χ3v) is 5.29. The van der Waals surface area contributed by atoms with E-state index in [0.29, 0.717) is 10.7 Å². The van der Waals surface area contributed by atoms with E-state index < -0.39 is 21.6 Å². The molecule has 1 amide bonds. The minimum atomic E-state index is -3.52. The lowest BCUT2D eigenvalue weighted by Crippen LogP contribution is -2.14. The maximum atomic E-state index is 14.0. The fourth-order valence-electron chi connectivity index (χ4n) is 2.33. The van der Waals surface area contributed by atoms with Crippen LogP contribution in [0, 0.1) is 5.82 Å². The minimum absolute atomic E-state index is 0.0799. The van der Waals surface area contributed by atoms with Crippen molar-refractivity contribution in [3.8, 4) is 0 Å². The molecule has 0 saturated carbocycles. The average molecular weight is 379 g/mol. The van der Waals surface area contributed by atoms with E-state index in [-0.39, 0.29) is 16.3 Å². The van der Waals surface area contributed by atoms with Crippen molar-refractivity contribution in [2.45, 2.75) is 10.1 Å². The van der Waals surface area contributed by atoms with Crippen molar-refractivity contribution in [2.24, 2.45) is 0 Å². The summed E-state index contributed by atoms with van der Waals surface area (Å²) in [6.45, 7) is 0. The smallest absolute Gasteiger partial charge is 0.276 e. The van der Waals surface area contributed by atoms with Crippen LogP contribution in [0.5, 0.6) is 0 Å². The molecular formula is C16H14FN3O3S2. The summed E-state index contributed by atoms with van der Waals surface area (Å²) in [4.78, 5) is 16.8. The van der Waals surface area contributed by atoms with Crippen molar-refractivity contribution in [2.75, 3.05) is 17.8 Å². The molecule has 0 saturated heterocycles. The van der Waals surface area contributed by atoms with Gasteiger partial charge in [-0.05, 0) is 36.6 Å². The molecule has 0 aliphatic carbocycles. The van der Waals surface area contributed by atoms with Crippen LogP contribution in [-0.4, -0.2) is 36.2 Å². The zero-order valence-corrected chi connectivity index (χ0v) is 15.0. The molecular weight excluding hydrogens is 365 g/mol. The van der Waals surface area contributed by atoms with E-state index in [1.54, 1.807) is 22.7 Å². The number of carbonyl (C=O) groups excluding carboxylic acids is 1. The first-order chi connectivity index (χ1) is 11.8. The third-order valence-electron chi connectivity index (χ3n) is 3.53. The van der Waals surface area contributed by atoms with Crippen LogP contribution in [0.25, 0.3) is 5.52 Å². The number of imidazole rings is 1. The van der Waals surface area contributed by atoms with Crippen molar-refractivity contribution in [1.29, 1.82) is 0 Å². The SMILES string of the molecule is CSc1nc(C(=O)Nc2cc(S(C)(=O)=O)ccc2F)c2ccccn12. The summed E-state index contributed by atoms with van der Waals surface area (Å²) in [6, 6.07) is 8.55. The second-order valence-electron chi connectivity index (χ2n) is 5.27. The molecule has 1 N–H and O–H groups in total. The Morgan fingerprint density at radius 3 is 2.72 bits per heavy atom. The van der Waals surface area contributed by atoms with Gasteiger partial charge in [0.25, 0.3) is 5.91 Å². The summed E-state index contributed by atoms with van der Waals surface area (Å²) < 4.78 is 39.0. The van der Waals surface area contributed by atoms with Gasteiger partial charge in [0.2, 0.25) is 0 Å². The number of aromatic nitrogens is 2.